The van der Waals surface area contributed by atoms with Gasteiger partial charge in [-0.1, -0.05) is 57.5 Å². The van der Waals surface area contributed by atoms with Gasteiger partial charge in [0.1, 0.15) is 0 Å². The fourth-order valence-electron chi connectivity index (χ4n) is 1.86. The molecule has 20 heavy (non-hydrogen) atoms. The van der Waals surface area contributed by atoms with Crippen molar-refractivity contribution in [3.8, 4) is 0 Å². The third-order valence-electron chi connectivity index (χ3n) is 3.32. The molecule has 0 atom stereocenters. The van der Waals surface area contributed by atoms with Crippen molar-refractivity contribution >= 4 is 43.7 Å². The molecule has 118 valence electrons. The summed E-state index contributed by atoms with van der Waals surface area (Å²) in [4.78, 5) is 26.2. The topological polar surface area (TPSA) is 40.6 Å². The van der Waals surface area contributed by atoms with Gasteiger partial charge in [0.25, 0.3) is 0 Å². The maximum Gasteiger partial charge on any atom is 0.232 e. The third-order valence-corrected chi connectivity index (χ3v) is 4.28. The van der Waals surface area contributed by atoms with Gasteiger partial charge in [0, 0.05) is 27.2 Å². The number of carbonyl (C=O) groups excluding carboxylic acids is 2. The normalized spacial score (nSPS) is 10.4. The number of rotatable bonds is 11. The second kappa shape index (κ2) is 12.6. The zero-order valence-corrected chi connectivity index (χ0v) is 15.7. The maximum atomic E-state index is 11.3. The number of hydrogen-bond donors (Lipinski definition) is 0. The SMILES string of the molecule is CN(CCCCCCCCN(C)C(=O)CBr)C(=O)CBr. The molecule has 0 fully saturated rings. The van der Waals surface area contributed by atoms with E-state index in [1.54, 1.807) is 9.80 Å². The first-order valence-electron chi connectivity index (χ1n) is 7.12. The van der Waals surface area contributed by atoms with Gasteiger partial charge in [0.2, 0.25) is 11.8 Å². The molecule has 0 aliphatic rings. The summed E-state index contributed by atoms with van der Waals surface area (Å²) in [6.45, 7) is 1.68. The summed E-state index contributed by atoms with van der Waals surface area (Å²) in [6, 6.07) is 0. The molecular formula is C14H26Br2N2O2. The number of carbonyl (C=O) groups is 2. The van der Waals surface area contributed by atoms with E-state index in [0.717, 1.165) is 38.8 Å². The van der Waals surface area contributed by atoms with E-state index in [2.05, 4.69) is 31.9 Å². The Morgan fingerprint density at radius 1 is 0.700 bits per heavy atom. The first-order valence-corrected chi connectivity index (χ1v) is 9.37. The molecule has 0 aliphatic heterocycles. The molecule has 0 spiro atoms. The van der Waals surface area contributed by atoms with Gasteiger partial charge in [-0.05, 0) is 12.8 Å². The van der Waals surface area contributed by atoms with Crippen molar-refractivity contribution in [3.05, 3.63) is 0 Å². The molecule has 0 saturated carbocycles. The number of alkyl halides is 2. The second-order valence-corrected chi connectivity index (χ2v) is 6.14. The van der Waals surface area contributed by atoms with Crippen LogP contribution in [0, 0.1) is 0 Å². The van der Waals surface area contributed by atoms with E-state index in [0.29, 0.717) is 10.7 Å². The fourth-order valence-corrected chi connectivity index (χ4v) is 2.71. The number of unbranched alkanes of at least 4 members (excludes halogenated alkanes) is 5. The Kier molecular flexibility index (Phi) is 12.6. The molecule has 0 rings (SSSR count). The highest BCUT2D eigenvalue weighted by Gasteiger charge is 2.06. The fraction of sp³-hybridized carbons (Fsp3) is 0.857. The molecule has 2 amide bonds. The van der Waals surface area contributed by atoms with Crippen LogP contribution >= 0.6 is 31.9 Å². The summed E-state index contributed by atoms with van der Waals surface area (Å²) in [5.41, 5.74) is 0. The Morgan fingerprint density at radius 2 is 1.00 bits per heavy atom. The predicted octanol–water partition coefficient (Wildman–Crippen LogP) is 3.03. The van der Waals surface area contributed by atoms with Crippen LogP contribution in [0.5, 0.6) is 0 Å². The summed E-state index contributed by atoms with van der Waals surface area (Å²) >= 11 is 6.34. The average Bonchev–Trinajstić information content (AvgIpc) is 2.47. The number of nitrogens with zero attached hydrogens (tertiary/aromatic N) is 2. The molecule has 0 saturated heterocycles. The Morgan fingerprint density at radius 3 is 1.30 bits per heavy atom. The Labute approximate surface area is 139 Å². The highest BCUT2D eigenvalue weighted by Crippen LogP contribution is 2.07. The largest absolute Gasteiger partial charge is 0.345 e. The summed E-state index contributed by atoms with van der Waals surface area (Å²) < 4.78 is 0. The lowest BCUT2D eigenvalue weighted by molar-refractivity contribution is -0.127. The first-order chi connectivity index (χ1) is 9.52. The minimum Gasteiger partial charge on any atom is -0.345 e. The predicted molar refractivity (Wildman–Crippen MR) is 90.6 cm³/mol. The molecule has 0 bridgehead atoms. The smallest absolute Gasteiger partial charge is 0.232 e. The molecule has 0 aromatic rings. The van der Waals surface area contributed by atoms with Gasteiger partial charge >= 0.3 is 0 Å². The van der Waals surface area contributed by atoms with E-state index >= 15 is 0 Å². The van der Waals surface area contributed by atoms with E-state index in [4.69, 9.17) is 0 Å². The van der Waals surface area contributed by atoms with Crippen molar-refractivity contribution in [2.75, 3.05) is 37.8 Å². The Hall–Kier alpha value is -0.100. The molecule has 0 unspecified atom stereocenters. The average molecular weight is 414 g/mol. The van der Waals surface area contributed by atoms with E-state index in [-0.39, 0.29) is 11.8 Å². The van der Waals surface area contributed by atoms with Crippen molar-refractivity contribution in [1.82, 2.24) is 9.80 Å². The van der Waals surface area contributed by atoms with Crippen LogP contribution in [0.3, 0.4) is 0 Å². The third kappa shape index (κ3) is 9.75. The standard InChI is InChI=1S/C14H26Br2N2O2/c1-17(13(19)11-15)9-7-5-3-4-6-8-10-18(2)14(20)12-16/h3-12H2,1-2H3. The summed E-state index contributed by atoms with van der Waals surface area (Å²) in [5.74, 6) is 0.286. The second-order valence-electron chi connectivity index (χ2n) is 5.02. The lowest BCUT2D eigenvalue weighted by Gasteiger charge is -2.16. The van der Waals surface area contributed by atoms with Gasteiger partial charge in [-0.25, -0.2) is 0 Å². The molecule has 0 heterocycles. The molecular weight excluding hydrogens is 388 g/mol. The Balaban J connectivity index is 3.37. The molecule has 0 aromatic carbocycles. The van der Waals surface area contributed by atoms with Crippen LogP contribution < -0.4 is 0 Å². The van der Waals surface area contributed by atoms with Gasteiger partial charge in [0.05, 0.1) is 10.7 Å². The van der Waals surface area contributed by atoms with Crippen LogP contribution in [-0.2, 0) is 9.59 Å². The van der Waals surface area contributed by atoms with Crippen molar-refractivity contribution < 1.29 is 9.59 Å². The monoisotopic (exact) mass is 412 g/mol. The van der Waals surface area contributed by atoms with Gasteiger partial charge in [-0.15, -0.1) is 0 Å². The quantitative estimate of drug-likeness (QED) is 0.385. The van der Waals surface area contributed by atoms with Crippen LogP contribution in [0.1, 0.15) is 38.5 Å². The lowest BCUT2D eigenvalue weighted by Crippen LogP contribution is -2.28. The van der Waals surface area contributed by atoms with E-state index in [9.17, 15) is 9.59 Å². The van der Waals surface area contributed by atoms with Gasteiger partial charge in [0.15, 0.2) is 0 Å². The highest BCUT2D eigenvalue weighted by molar-refractivity contribution is 9.09. The molecule has 0 radical (unpaired) electrons. The molecule has 6 heteroatoms. The van der Waals surface area contributed by atoms with Gasteiger partial charge < -0.3 is 9.80 Å². The van der Waals surface area contributed by atoms with Crippen molar-refractivity contribution in [2.45, 2.75) is 38.5 Å². The number of hydrogen-bond acceptors (Lipinski definition) is 2. The first kappa shape index (κ1) is 19.9. The molecule has 0 aliphatic carbocycles. The maximum absolute atomic E-state index is 11.3. The van der Waals surface area contributed by atoms with Crippen LogP contribution in [-0.4, -0.2) is 59.5 Å². The minimum absolute atomic E-state index is 0.143. The molecule has 4 nitrogen and oxygen atoms in total. The highest BCUT2D eigenvalue weighted by atomic mass is 79.9. The van der Waals surface area contributed by atoms with Crippen molar-refractivity contribution in [3.63, 3.8) is 0 Å². The van der Waals surface area contributed by atoms with Gasteiger partial charge in [-0.3, -0.25) is 9.59 Å². The van der Waals surface area contributed by atoms with Crippen molar-refractivity contribution in [1.29, 1.82) is 0 Å². The number of halogens is 2. The summed E-state index contributed by atoms with van der Waals surface area (Å²) in [6.07, 6.45) is 6.86. The van der Waals surface area contributed by atoms with Crippen LogP contribution in [0.2, 0.25) is 0 Å². The lowest BCUT2D eigenvalue weighted by atomic mass is 10.1. The van der Waals surface area contributed by atoms with Crippen LogP contribution in [0.4, 0.5) is 0 Å². The number of amides is 2. The minimum atomic E-state index is 0.143. The summed E-state index contributed by atoms with van der Waals surface area (Å²) in [5, 5.41) is 0.814. The van der Waals surface area contributed by atoms with E-state index < -0.39 is 0 Å². The van der Waals surface area contributed by atoms with Crippen LogP contribution in [0.25, 0.3) is 0 Å². The summed E-state index contributed by atoms with van der Waals surface area (Å²) in [7, 11) is 3.70. The van der Waals surface area contributed by atoms with Crippen molar-refractivity contribution in [2.24, 2.45) is 0 Å². The zero-order chi connectivity index (χ0) is 15.4. The van der Waals surface area contributed by atoms with Crippen LogP contribution in [0.15, 0.2) is 0 Å². The van der Waals surface area contributed by atoms with Gasteiger partial charge in [-0.2, -0.15) is 0 Å². The molecule has 0 N–H and O–H groups in total. The van der Waals surface area contributed by atoms with E-state index in [1.165, 1.54) is 12.8 Å². The molecule has 0 aromatic heterocycles. The Bertz CT molecular complexity index is 260. The van der Waals surface area contributed by atoms with E-state index in [1.807, 2.05) is 14.1 Å². The zero-order valence-electron chi connectivity index (χ0n) is 12.5.